The molecule has 2 amide bonds. The molecule has 5 rings (SSSR count). The van der Waals surface area contributed by atoms with Crippen LogP contribution in [0.2, 0.25) is 5.15 Å². The van der Waals surface area contributed by atoms with Gasteiger partial charge in [-0.1, -0.05) is 22.9 Å². The van der Waals surface area contributed by atoms with Crippen molar-refractivity contribution in [3.63, 3.8) is 0 Å². The van der Waals surface area contributed by atoms with Gasteiger partial charge in [-0.05, 0) is 19.1 Å². The number of amides is 2. The van der Waals surface area contributed by atoms with Gasteiger partial charge in [-0.3, -0.25) is 19.9 Å². The van der Waals surface area contributed by atoms with E-state index >= 15 is 0 Å². The van der Waals surface area contributed by atoms with E-state index in [9.17, 15) is 9.59 Å². The summed E-state index contributed by atoms with van der Waals surface area (Å²) in [5.41, 5.74) is 3.09. The molecule has 0 unspecified atom stereocenters. The summed E-state index contributed by atoms with van der Waals surface area (Å²) < 4.78 is 7.12. The summed E-state index contributed by atoms with van der Waals surface area (Å²) in [6.45, 7) is 2.61. The Morgan fingerprint density at radius 1 is 1.14 bits per heavy atom. The highest BCUT2D eigenvalue weighted by Crippen LogP contribution is 2.35. The highest BCUT2D eigenvalue weighted by molar-refractivity contribution is 7.16. The molecule has 0 radical (unpaired) electrons. The highest BCUT2D eigenvalue weighted by Gasteiger charge is 2.30. The zero-order valence-corrected chi connectivity index (χ0v) is 20.6. The first-order valence-corrected chi connectivity index (χ1v) is 11.8. The molecule has 0 saturated carbocycles. The van der Waals surface area contributed by atoms with E-state index < -0.39 is 0 Å². The summed E-state index contributed by atoms with van der Waals surface area (Å²) >= 11 is 7.46. The van der Waals surface area contributed by atoms with E-state index in [-0.39, 0.29) is 17.0 Å². The van der Waals surface area contributed by atoms with E-state index in [1.807, 2.05) is 6.92 Å². The standard InChI is InChI=1S/C23H20ClN7O3S/c1-12-6-13(14-7-19(24)27-9-17(14)34-3)15(8-26-12)21(32)29-23-28-16-10-31(11-18(16)35-23)22(33)20-25-4-5-30(20)2/h4-9H,10-11H2,1-3H3,(H,28,29,32). The van der Waals surface area contributed by atoms with Gasteiger partial charge in [-0.2, -0.15) is 0 Å². The van der Waals surface area contributed by atoms with Crippen LogP contribution in [-0.4, -0.2) is 48.3 Å². The van der Waals surface area contributed by atoms with E-state index in [0.717, 1.165) is 16.3 Å². The number of hydrogen-bond donors (Lipinski definition) is 1. The predicted molar refractivity (Wildman–Crippen MR) is 131 cm³/mol. The number of hydrogen-bond acceptors (Lipinski definition) is 8. The number of carbonyl (C=O) groups excluding carboxylic acids is 2. The second kappa shape index (κ2) is 9.08. The van der Waals surface area contributed by atoms with Gasteiger partial charge in [0.2, 0.25) is 0 Å². The van der Waals surface area contributed by atoms with Crippen molar-refractivity contribution in [1.29, 1.82) is 0 Å². The molecule has 12 heteroatoms. The second-order valence-electron chi connectivity index (χ2n) is 7.94. The van der Waals surface area contributed by atoms with Crippen molar-refractivity contribution >= 4 is 39.9 Å². The maximum absolute atomic E-state index is 13.2. The van der Waals surface area contributed by atoms with Crippen LogP contribution in [0.25, 0.3) is 11.1 Å². The topological polar surface area (TPSA) is 115 Å². The van der Waals surface area contributed by atoms with Gasteiger partial charge in [0.15, 0.2) is 11.0 Å². The molecule has 0 saturated heterocycles. The molecule has 1 aliphatic heterocycles. The maximum Gasteiger partial charge on any atom is 0.290 e. The minimum Gasteiger partial charge on any atom is -0.494 e. The Bertz CT molecular complexity index is 1440. The lowest BCUT2D eigenvalue weighted by Crippen LogP contribution is -2.28. The smallest absolute Gasteiger partial charge is 0.290 e. The molecule has 0 spiro atoms. The zero-order valence-electron chi connectivity index (χ0n) is 19.1. The van der Waals surface area contributed by atoms with Crippen LogP contribution in [0.5, 0.6) is 5.75 Å². The summed E-state index contributed by atoms with van der Waals surface area (Å²) in [7, 11) is 3.31. The van der Waals surface area contributed by atoms with E-state index in [1.165, 1.54) is 30.8 Å². The lowest BCUT2D eigenvalue weighted by atomic mass is 10.0. The Balaban J connectivity index is 1.37. The van der Waals surface area contributed by atoms with E-state index in [1.54, 1.807) is 41.0 Å². The third kappa shape index (κ3) is 4.35. The number of nitrogens with zero attached hydrogens (tertiary/aromatic N) is 6. The molecule has 1 N–H and O–H groups in total. The largest absolute Gasteiger partial charge is 0.494 e. The van der Waals surface area contributed by atoms with Crippen LogP contribution < -0.4 is 10.1 Å². The minimum absolute atomic E-state index is 0.159. The van der Waals surface area contributed by atoms with Crippen LogP contribution in [0.1, 0.15) is 37.2 Å². The fraction of sp³-hybridized carbons (Fsp3) is 0.217. The van der Waals surface area contributed by atoms with E-state index in [0.29, 0.717) is 46.5 Å². The molecule has 1 aliphatic rings. The van der Waals surface area contributed by atoms with Crippen LogP contribution in [0, 0.1) is 6.92 Å². The van der Waals surface area contributed by atoms with E-state index in [4.69, 9.17) is 16.3 Å². The third-order valence-corrected chi connectivity index (χ3v) is 6.81. The fourth-order valence-corrected chi connectivity index (χ4v) is 5.01. The third-order valence-electron chi connectivity index (χ3n) is 5.60. The number of anilines is 1. The number of carbonyl (C=O) groups is 2. The Morgan fingerprint density at radius 2 is 1.97 bits per heavy atom. The van der Waals surface area contributed by atoms with Crippen molar-refractivity contribution < 1.29 is 14.3 Å². The predicted octanol–water partition coefficient (Wildman–Crippen LogP) is 3.71. The molecule has 35 heavy (non-hydrogen) atoms. The molecule has 0 fully saturated rings. The minimum atomic E-state index is -0.365. The van der Waals surface area contributed by atoms with Gasteiger partial charge < -0.3 is 14.2 Å². The number of nitrogens with one attached hydrogen (secondary N) is 1. The molecule has 4 aromatic rings. The number of thiazole rings is 1. The number of aryl methyl sites for hydroxylation is 2. The molecular weight excluding hydrogens is 490 g/mol. The quantitative estimate of drug-likeness (QED) is 0.408. The number of imidazole rings is 1. The van der Waals surface area contributed by atoms with Gasteiger partial charge >= 0.3 is 0 Å². The summed E-state index contributed by atoms with van der Waals surface area (Å²) in [4.78, 5) is 45.6. The Labute approximate surface area is 209 Å². The van der Waals surface area contributed by atoms with Crippen molar-refractivity contribution in [2.75, 3.05) is 12.4 Å². The van der Waals surface area contributed by atoms with Crippen LogP contribution >= 0.6 is 22.9 Å². The first kappa shape index (κ1) is 22.9. The zero-order chi connectivity index (χ0) is 24.7. The van der Waals surface area contributed by atoms with Crippen LogP contribution in [0.15, 0.2) is 36.9 Å². The molecule has 0 bridgehead atoms. The molecule has 10 nitrogen and oxygen atoms in total. The fourth-order valence-electron chi connectivity index (χ4n) is 3.87. The molecule has 5 heterocycles. The lowest BCUT2D eigenvalue weighted by Gasteiger charge is -2.15. The monoisotopic (exact) mass is 509 g/mol. The summed E-state index contributed by atoms with van der Waals surface area (Å²) in [5.74, 6) is 0.337. The van der Waals surface area contributed by atoms with Gasteiger partial charge in [-0.25, -0.2) is 15.0 Å². The van der Waals surface area contributed by atoms with Gasteiger partial charge in [-0.15, -0.1) is 0 Å². The van der Waals surface area contributed by atoms with E-state index in [2.05, 4.69) is 25.3 Å². The number of methoxy groups -OCH3 is 1. The van der Waals surface area contributed by atoms with Gasteiger partial charge in [0.1, 0.15) is 10.9 Å². The van der Waals surface area contributed by atoms with Crippen LogP contribution in [-0.2, 0) is 20.1 Å². The molecule has 0 aliphatic carbocycles. The van der Waals surface area contributed by atoms with Crippen molar-refractivity contribution in [3.05, 3.63) is 69.7 Å². The van der Waals surface area contributed by atoms with Crippen molar-refractivity contribution in [1.82, 2.24) is 29.4 Å². The van der Waals surface area contributed by atoms with Gasteiger partial charge in [0.25, 0.3) is 11.8 Å². The first-order valence-electron chi connectivity index (χ1n) is 10.6. The number of fused-ring (bicyclic) bond motifs is 1. The second-order valence-corrected chi connectivity index (χ2v) is 9.42. The van der Waals surface area contributed by atoms with Crippen LogP contribution in [0.4, 0.5) is 5.13 Å². The summed E-state index contributed by atoms with van der Waals surface area (Å²) in [5, 5.41) is 3.60. The van der Waals surface area contributed by atoms with Gasteiger partial charge in [0, 0.05) is 42.5 Å². The van der Waals surface area contributed by atoms with Gasteiger partial charge in [0.05, 0.1) is 42.5 Å². The molecule has 4 aromatic heterocycles. The van der Waals surface area contributed by atoms with Crippen molar-refractivity contribution in [2.45, 2.75) is 20.0 Å². The van der Waals surface area contributed by atoms with Crippen molar-refractivity contribution in [2.24, 2.45) is 7.05 Å². The lowest BCUT2D eigenvalue weighted by molar-refractivity contribution is 0.0734. The average Bonchev–Trinajstić information content (AvgIpc) is 3.53. The molecule has 0 aromatic carbocycles. The Morgan fingerprint density at radius 3 is 2.69 bits per heavy atom. The Kier molecular flexibility index (Phi) is 5.95. The van der Waals surface area contributed by atoms with Crippen molar-refractivity contribution in [3.8, 4) is 16.9 Å². The number of rotatable bonds is 5. The molecule has 178 valence electrons. The first-order chi connectivity index (χ1) is 16.8. The number of halogens is 1. The molecule has 0 atom stereocenters. The SMILES string of the molecule is COc1cnc(Cl)cc1-c1cc(C)ncc1C(=O)Nc1nc2c(s1)CN(C(=O)c1nccn1C)C2. The maximum atomic E-state index is 13.2. The van der Waals surface area contributed by atoms with Crippen LogP contribution in [0.3, 0.4) is 0 Å². The number of pyridine rings is 2. The molecular formula is C23H20ClN7O3S. The Hall–Kier alpha value is -3.83. The number of aromatic nitrogens is 5. The summed E-state index contributed by atoms with van der Waals surface area (Å²) in [6.07, 6.45) is 6.35. The normalized spacial score (nSPS) is 12.5. The number of ether oxygens (including phenoxy) is 1. The summed E-state index contributed by atoms with van der Waals surface area (Å²) in [6, 6.07) is 3.45. The average molecular weight is 510 g/mol. The highest BCUT2D eigenvalue weighted by atomic mass is 35.5.